The van der Waals surface area contributed by atoms with Crippen LogP contribution in [0.5, 0.6) is 5.88 Å². The van der Waals surface area contributed by atoms with Gasteiger partial charge in [0, 0.05) is 26.1 Å². The topological polar surface area (TPSA) is 56.3 Å². The molecular weight excluding hydrogens is 242 g/mol. The molecule has 0 aromatic carbocycles. The number of hydrogen-bond donors (Lipinski definition) is 1. The maximum Gasteiger partial charge on any atom is 0.219 e. The Kier molecular flexibility index (Phi) is 7.18. The first-order valence-electron chi connectivity index (χ1n) is 6.97. The van der Waals surface area contributed by atoms with E-state index in [1.807, 2.05) is 13.0 Å². The molecule has 0 bridgehead atoms. The Hall–Kier alpha value is -1.36. The summed E-state index contributed by atoms with van der Waals surface area (Å²) in [5.74, 6) is 2.27. The molecule has 19 heavy (non-hydrogen) atoms. The van der Waals surface area contributed by atoms with E-state index in [1.54, 1.807) is 7.11 Å². The van der Waals surface area contributed by atoms with Gasteiger partial charge in [-0.3, -0.25) is 0 Å². The summed E-state index contributed by atoms with van der Waals surface area (Å²) in [6.07, 6.45) is 2.91. The average molecular weight is 267 g/mol. The zero-order valence-corrected chi connectivity index (χ0v) is 12.4. The van der Waals surface area contributed by atoms with E-state index in [-0.39, 0.29) is 6.10 Å². The van der Waals surface area contributed by atoms with Crippen molar-refractivity contribution in [2.24, 2.45) is 0 Å². The second kappa shape index (κ2) is 8.69. The Balaban J connectivity index is 2.79. The van der Waals surface area contributed by atoms with Crippen molar-refractivity contribution in [2.45, 2.75) is 46.1 Å². The van der Waals surface area contributed by atoms with Crippen molar-refractivity contribution in [1.82, 2.24) is 9.97 Å². The zero-order chi connectivity index (χ0) is 14.1. The molecular formula is C14H25N3O2. The van der Waals surface area contributed by atoms with E-state index in [1.165, 1.54) is 0 Å². The lowest BCUT2D eigenvalue weighted by molar-refractivity contribution is 0.0887. The van der Waals surface area contributed by atoms with Crippen molar-refractivity contribution < 1.29 is 9.47 Å². The minimum Gasteiger partial charge on any atom is -0.472 e. The number of methoxy groups -OCH3 is 1. The minimum atomic E-state index is -0.0200. The van der Waals surface area contributed by atoms with Gasteiger partial charge in [-0.25, -0.2) is 4.98 Å². The SMILES string of the molecule is CCCNc1cc(OC(C)COC)nc(CCC)n1. The second-order valence-corrected chi connectivity index (χ2v) is 4.57. The van der Waals surface area contributed by atoms with Gasteiger partial charge in [0.25, 0.3) is 0 Å². The molecule has 0 saturated heterocycles. The van der Waals surface area contributed by atoms with Crippen LogP contribution in [0.15, 0.2) is 6.07 Å². The third kappa shape index (κ3) is 5.87. The number of aromatic nitrogens is 2. The first-order chi connectivity index (χ1) is 9.19. The van der Waals surface area contributed by atoms with E-state index >= 15 is 0 Å². The molecule has 5 heteroatoms. The fourth-order valence-electron chi connectivity index (χ4n) is 1.69. The van der Waals surface area contributed by atoms with Crippen LogP contribution in [0.25, 0.3) is 0 Å². The molecule has 0 spiro atoms. The van der Waals surface area contributed by atoms with Gasteiger partial charge in [0.15, 0.2) is 0 Å². The summed E-state index contributed by atoms with van der Waals surface area (Å²) in [7, 11) is 1.66. The smallest absolute Gasteiger partial charge is 0.219 e. The Labute approximate surface area is 115 Å². The number of aryl methyl sites for hydroxylation is 1. The Bertz CT molecular complexity index is 372. The Morgan fingerprint density at radius 2 is 2.05 bits per heavy atom. The normalized spacial score (nSPS) is 12.2. The molecule has 0 aliphatic heterocycles. The fourth-order valence-corrected chi connectivity index (χ4v) is 1.69. The molecule has 1 aromatic heterocycles. The van der Waals surface area contributed by atoms with Crippen molar-refractivity contribution in [3.8, 4) is 5.88 Å². The summed E-state index contributed by atoms with van der Waals surface area (Å²) in [6.45, 7) is 7.65. The third-order valence-electron chi connectivity index (χ3n) is 2.50. The van der Waals surface area contributed by atoms with Crippen LogP contribution in [0.3, 0.4) is 0 Å². The van der Waals surface area contributed by atoms with Crippen molar-refractivity contribution in [3.63, 3.8) is 0 Å². The van der Waals surface area contributed by atoms with Gasteiger partial charge in [0.05, 0.1) is 6.61 Å². The number of nitrogens with zero attached hydrogens (tertiary/aromatic N) is 2. The molecule has 0 aliphatic carbocycles. The van der Waals surface area contributed by atoms with Gasteiger partial charge in [-0.15, -0.1) is 0 Å². The van der Waals surface area contributed by atoms with E-state index < -0.39 is 0 Å². The van der Waals surface area contributed by atoms with Crippen LogP contribution in [-0.2, 0) is 11.2 Å². The number of ether oxygens (including phenoxy) is 2. The highest BCUT2D eigenvalue weighted by atomic mass is 16.5. The van der Waals surface area contributed by atoms with Crippen LogP contribution in [0.1, 0.15) is 39.4 Å². The summed E-state index contributed by atoms with van der Waals surface area (Å²) < 4.78 is 10.8. The maximum absolute atomic E-state index is 5.75. The predicted molar refractivity (Wildman–Crippen MR) is 76.8 cm³/mol. The average Bonchev–Trinajstić information content (AvgIpc) is 2.36. The molecule has 0 amide bonds. The van der Waals surface area contributed by atoms with Crippen LogP contribution >= 0.6 is 0 Å². The number of hydrogen-bond acceptors (Lipinski definition) is 5. The van der Waals surface area contributed by atoms with Crippen LogP contribution in [0.4, 0.5) is 5.82 Å². The van der Waals surface area contributed by atoms with Gasteiger partial charge in [-0.05, 0) is 19.8 Å². The van der Waals surface area contributed by atoms with E-state index in [9.17, 15) is 0 Å². The van der Waals surface area contributed by atoms with Gasteiger partial charge in [0.2, 0.25) is 5.88 Å². The van der Waals surface area contributed by atoms with Crippen molar-refractivity contribution in [3.05, 3.63) is 11.9 Å². The van der Waals surface area contributed by atoms with E-state index in [4.69, 9.17) is 9.47 Å². The van der Waals surface area contributed by atoms with Crippen LogP contribution in [0.2, 0.25) is 0 Å². The lowest BCUT2D eigenvalue weighted by Crippen LogP contribution is -2.19. The molecule has 1 atom stereocenters. The highest BCUT2D eigenvalue weighted by Gasteiger charge is 2.08. The van der Waals surface area contributed by atoms with Crippen molar-refractivity contribution in [2.75, 3.05) is 25.6 Å². The highest BCUT2D eigenvalue weighted by molar-refractivity contribution is 5.38. The summed E-state index contributed by atoms with van der Waals surface area (Å²) >= 11 is 0. The van der Waals surface area contributed by atoms with Gasteiger partial charge in [0.1, 0.15) is 17.7 Å². The molecule has 0 saturated carbocycles. The molecule has 1 unspecified atom stereocenters. The van der Waals surface area contributed by atoms with E-state index in [0.29, 0.717) is 12.5 Å². The standard InChI is InChI=1S/C14H25N3O2/c1-5-7-12-16-13(15-8-6-2)9-14(17-12)19-11(3)10-18-4/h9,11H,5-8,10H2,1-4H3,(H,15,16,17). The summed E-state index contributed by atoms with van der Waals surface area (Å²) in [6, 6.07) is 1.85. The molecule has 0 aliphatic rings. The zero-order valence-electron chi connectivity index (χ0n) is 12.4. The Morgan fingerprint density at radius 3 is 2.68 bits per heavy atom. The van der Waals surface area contributed by atoms with E-state index in [0.717, 1.165) is 37.4 Å². The van der Waals surface area contributed by atoms with Gasteiger partial charge in [-0.2, -0.15) is 4.98 Å². The quantitative estimate of drug-likeness (QED) is 0.745. The van der Waals surface area contributed by atoms with Gasteiger partial charge < -0.3 is 14.8 Å². The third-order valence-corrected chi connectivity index (χ3v) is 2.50. The first kappa shape index (κ1) is 15.7. The lowest BCUT2D eigenvalue weighted by atomic mass is 10.3. The predicted octanol–water partition coefficient (Wildman–Crippen LogP) is 2.66. The molecule has 0 fully saturated rings. The summed E-state index contributed by atoms with van der Waals surface area (Å²) in [5.41, 5.74) is 0. The largest absolute Gasteiger partial charge is 0.472 e. The molecule has 1 rings (SSSR count). The maximum atomic E-state index is 5.75. The second-order valence-electron chi connectivity index (χ2n) is 4.57. The number of nitrogens with one attached hydrogen (secondary N) is 1. The molecule has 0 radical (unpaired) electrons. The molecule has 5 nitrogen and oxygen atoms in total. The van der Waals surface area contributed by atoms with E-state index in [2.05, 4.69) is 29.1 Å². The minimum absolute atomic E-state index is 0.0200. The first-order valence-corrected chi connectivity index (χ1v) is 6.97. The van der Waals surface area contributed by atoms with Gasteiger partial charge in [-0.1, -0.05) is 13.8 Å². The van der Waals surface area contributed by atoms with Crippen LogP contribution in [0, 0.1) is 0 Å². The van der Waals surface area contributed by atoms with Gasteiger partial charge >= 0.3 is 0 Å². The molecule has 1 N–H and O–H groups in total. The number of rotatable bonds is 9. The van der Waals surface area contributed by atoms with Crippen molar-refractivity contribution >= 4 is 5.82 Å². The van der Waals surface area contributed by atoms with Crippen LogP contribution < -0.4 is 10.1 Å². The molecule has 1 heterocycles. The molecule has 1 aromatic rings. The summed E-state index contributed by atoms with van der Waals surface area (Å²) in [4.78, 5) is 8.91. The highest BCUT2D eigenvalue weighted by Crippen LogP contribution is 2.16. The monoisotopic (exact) mass is 267 g/mol. The summed E-state index contributed by atoms with van der Waals surface area (Å²) in [5, 5.41) is 3.28. The van der Waals surface area contributed by atoms with Crippen LogP contribution in [-0.4, -0.2) is 36.3 Å². The Morgan fingerprint density at radius 1 is 1.26 bits per heavy atom. The lowest BCUT2D eigenvalue weighted by Gasteiger charge is -2.14. The molecule has 108 valence electrons. The van der Waals surface area contributed by atoms with Crippen molar-refractivity contribution in [1.29, 1.82) is 0 Å². The number of anilines is 1. The fraction of sp³-hybridized carbons (Fsp3) is 0.714.